The van der Waals surface area contributed by atoms with Gasteiger partial charge in [0.05, 0.1) is 11.7 Å². The van der Waals surface area contributed by atoms with Crippen LogP contribution >= 0.6 is 0 Å². The molecule has 3 rings (SSSR count). The summed E-state index contributed by atoms with van der Waals surface area (Å²) < 4.78 is 1.59. The Labute approximate surface area is 128 Å². The van der Waals surface area contributed by atoms with E-state index in [2.05, 4.69) is 12.0 Å². The molecule has 2 N–H and O–H groups in total. The van der Waals surface area contributed by atoms with Crippen LogP contribution in [0.4, 0.5) is 0 Å². The molecule has 0 saturated carbocycles. The zero-order valence-corrected chi connectivity index (χ0v) is 12.7. The fourth-order valence-corrected chi connectivity index (χ4v) is 2.92. The van der Waals surface area contributed by atoms with Crippen LogP contribution in [-0.4, -0.2) is 40.2 Å². The van der Waals surface area contributed by atoms with Crippen molar-refractivity contribution < 1.29 is 4.79 Å². The molecule has 0 bridgehead atoms. The van der Waals surface area contributed by atoms with Crippen LogP contribution in [0, 0.1) is 5.41 Å². The number of hydrogen-bond acceptors (Lipinski definition) is 4. The summed E-state index contributed by atoms with van der Waals surface area (Å²) in [5.74, 6) is 0.0125. The summed E-state index contributed by atoms with van der Waals surface area (Å²) in [4.78, 5) is 26.1. The van der Waals surface area contributed by atoms with Crippen molar-refractivity contribution >= 4 is 16.8 Å². The fourth-order valence-electron chi connectivity index (χ4n) is 2.92. The maximum Gasteiger partial charge on any atom is 0.244 e. The molecule has 1 saturated heterocycles. The zero-order chi connectivity index (χ0) is 15.7. The van der Waals surface area contributed by atoms with Gasteiger partial charge in [-0.1, -0.05) is 19.1 Å². The summed E-state index contributed by atoms with van der Waals surface area (Å²) in [6.45, 7) is 4.23. The first-order chi connectivity index (χ1) is 10.5. The molecule has 1 aromatic carbocycles. The first kappa shape index (κ1) is 14.7. The van der Waals surface area contributed by atoms with E-state index in [1.807, 2.05) is 23.1 Å². The Balaban J connectivity index is 1.84. The van der Waals surface area contributed by atoms with Crippen LogP contribution < -0.4 is 11.2 Å². The van der Waals surface area contributed by atoms with Crippen molar-refractivity contribution in [2.75, 3.05) is 19.6 Å². The van der Waals surface area contributed by atoms with Crippen LogP contribution in [0.1, 0.15) is 13.3 Å². The maximum absolute atomic E-state index is 12.5. The first-order valence-electron chi connectivity index (χ1n) is 7.45. The van der Waals surface area contributed by atoms with Gasteiger partial charge in [-0.2, -0.15) is 5.10 Å². The van der Waals surface area contributed by atoms with Gasteiger partial charge in [-0.05, 0) is 30.5 Å². The molecule has 22 heavy (non-hydrogen) atoms. The highest BCUT2D eigenvalue weighted by atomic mass is 16.2. The monoisotopic (exact) mass is 300 g/mol. The van der Waals surface area contributed by atoms with Crippen LogP contribution in [-0.2, 0) is 11.3 Å². The number of nitrogens with two attached hydrogens (primary N) is 1. The van der Waals surface area contributed by atoms with E-state index >= 15 is 0 Å². The summed E-state index contributed by atoms with van der Waals surface area (Å²) in [6, 6.07) is 7.21. The molecule has 1 aromatic heterocycles. The lowest BCUT2D eigenvalue weighted by atomic mass is 9.90. The second-order valence-electron chi connectivity index (χ2n) is 6.26. The smallest absolute Gasteiger partial charge is 0.244 e. The predicted octanol–water partition coefficient (Wildman–Crippen LogP) is 0.594. The molecule has 6 heteroatoms. The normalized spacial score (nSPS) is 21.5. The maximum atomic E-state index is 12.5. The fraction of sp³-hybridized carbons (Fsp3) is 0.438. The molecule has 1 atom stereocenters. The Morgan fingerprint density at radius 1 is 1.41 bits per heavy atom. The Morgan fingerprint density at radius 2 is 2.18 bits per heavy atom. The highest BCUT2D eigenvalue weighted by molar-refractivity contribution is 5.81. The highest BCUT2D eigenvalue weighted by Crippen LogP contribution is 2.28. The number of likely N-dealkylation sites (tertiary alicyclic amines) is 1. The van der Waals surface area contributed by atoms with Crippen molar-refractivity contribution in [2.45, 2.75) is 19.9 Å². The third kappa shape index (κ3) is 2.62. The minimum atomic E-state index is -0.129. The Kier molecular flexibility index (Phi) is 3.70. The third-order valence-corrected chi connectivity index (χ3v) is 4.45. The number of carbonyl (C=O) groups excluding carboxylic acids is 1. The lowest BCUT2D eigenvalue weighted by Gasteiger charge is -2.22. The lowest BCUT2D eigenvalue weighted by Crippen LogP contribution is -2.36. The van der Waals surface area contributed by atoms with E-state index < -0.39 is 0 Å². The van der Waals surface area contributed by atoms with Gasteiger partial charge < -0.3 is 10.6 Å². The number of nitrogens with zero attached hydrogens (tertiary/aromatic N) is 3. The van der Waals surface area contributed by atoms with Crippen LogP contribution in [0.15, 0.2) is 35.3 Å². The number of amides is 1. The minimum Gasteiger partial charge on any atom is -0.340 e. The van der Waals surface area contributed by atoms with Crippen LogP contribution in [0.2, 0.25) is 0 Å². The summed E-state index contributed by atoms with van der Waals surface area (Å²) >= 11 is 0. The number of hydrogen-bond donors (Lipinski definition) is 1. The highest BCUT2D eigenvalue weighted by Gasteiger charge is 2.34. The quantitative estimate of drug-likeness (QED) is 0.899. The average Bonchev–Trinajstić information content (AvgIpc) is 2.94. The summed E-state index contributed by atoms with van der Waals surface area (Å²) in [5, 5.41) is 4.69. The molecule has 0 aliphatic carbocycles. The molecule has 1 aliphatic rings. The molecule has 1 unspecified atom stereocenters. The van der Waals surface area contributed by atoms with Gasteiger partial charge in [-0.3, -0.25) is 14.3 Å². The molecule has 2 heterocycles. The number of para-hydroxylation sites is 1. The molecule has 0 spiro atoms. The van der Waals surface area contributed by atoms with E-state index in [1.54, 1.807) is 10.7 Å². The molecule has 6 nitrogen and oxygen atoms in total. The number of carbonyl (C=O) groups is 1. The van der Waals surface area contributed by atoms with E-state index in [9.17, 15) is 9.59 Å². The van der Waals surface area contributed by atoms with Gasteiger partial charge in [0.2, 0.25) is 11.3 Å². The van der Waals surface area contributed by atoms with Crippen LogP contribution in [0.3, 0.4) is 0 Å². The minimum absolute atomic E-state index is 0.00863. The Bertz CT molecular complexity index is 770. The summed E-state index contributed by atoms with van der Waals surface area (Å²) in [5.41, 5.74) is 6.35. The SMILES string of the molecule is CC1(CN)CCN(C(=O)Cn2ncc(=O)c3ccccc32)C1. The largest absolute Gasteiger partial charge is 0.340 e. The standard InChI is InChI=1S/C16H20N4O2/c1-16(10-17)6-7-19(11-16)15(22)9-20-13-5-3-2-4-12(13)14(21)8-18-20/h2-5,8H,6-7,9-11,17H2,1H3. The van der Waals surface area contributed by atoms with Crippen LogP contribution in [0.25, 0.3) is 10.9 Å². The Hall–Kier alpha value is -2.21. The topological polar surface area (TPSA) is 81.2 Å². The molecular formula is C16H20N4O2. The van der Waals surface area contributed by atoms with E-state index in [-0.39, 0.29) is 23.3 Å². The molecule has 1 fully saturated rings. The average molecular weight is 300 g/mol. The first-order valence-corrected chi connectivity index (χ1v) is 7.45. The van der Waals surface area contributed by atoms with Gasteiger partial charge in [-0.25, -0.2) is 0 Å². The van der Waals surface area contributed by atoms with Crippen molar-refractivity contribution in [1.29, 1.82) is 0 Å². The molecule has 1 aliphatic heterocycles. The second kappa shape index (κ2) is 5.53. The number of rotatable bonds is 3. The molecule has 116 valence electrons. The molecule has 1 amide bonds. The van der Waals surface area contributed by atoms with Gasteiger partial charge in [0.25, 0.3) is 0 Å². The van der Waals surface area contributed by atoms with Gasteiger partial charge in [0, 0.05) is 18.5 Å². The summed E-state index contributed by atoms with van der Waals surface area (Å²) in [6.07, 6.45) is 2.19. The zero-order valence-electron chi connectivity index (χ0n) is 12.7. The van der Waals surface area contributed by atoms with E-state index in [0.29, 0.717) is 24.0 Å². The van der Waals surface area contributed by atoms with E-state index in [4.69, 9.17) is 5.73 Å². The van der Waals surface area contributed by atoms with Gasteiger partial charge in [-0.15, -0.1) is 0 Å². The van der Waals surface area contributed by atoms with Gasteiger partial charge >= 0.3 is 0 Å². The van der Waals surface area contributed by atoms with E-state index in [1.165, 1.54) is 6.20 Å². The van der Waals surface area contributed by atoms with Crippen molar-refractivity contribution in [3.05, 3.63) is 40.7 Å². The number of fused-ring (bicyclic) bond motifs is 1. The van der Waals surface area contributed by atoms with Crippen molar-refractivity contribution in [3.8, 4) is 0 Å². The lowest BCUT2D eigenvalue weighted by molar-refractivity contribution is -0.131. The van der Waals surface area contributed by atoms with Crippen molar-refractivity contribution in [1.82, 2.24) is 14.7 Å². The molecule has 0 radical (unpaired) electrons. The number of aromatic nitrogens is 2. The predicted molar refractivity (Wildman–Crippen MR) is 84.4 cm³/mol. The van der Waals surface area contributed by atoms with Crippen molar-refractivity contribution in [3.63, 3.8) is 0 Å². The summed E-state index contributed by atoms with van der Waals surface area (Å²) in [7, 11) is 0. The number of benzene rings is 1. The second-order valence-corrected chi connectivity index (χ2v) is 6.26. The molecule has 2 aromatic rings. The van der Waals surface area contributed by atoms with Crippen molar-refractivity contribution in [2.24, 2.45) is 11.1 Å². The third-order valence-electron chi connectivity index (χ3n) is 4.45. The van der Waals surface area contributed by atoms with Gasteiger partial charge in [0.15, 0.2) is 0 Å². The van der Waals surface area contributed by atoms with Gasteiger partial charge in [0.1, 0.15) is 6.54 Å². The van der Waals surface area contributed by atoms with E-state index in [0.717, 1.165) is 13.0 Å². The van der Waals surface area contributed by atoms with Crippen LogP contribution in [0.5, 0.6) is 0 Å². The molecular weight excluding hydrogens is 280 g/mol. The Morgan fingerprint density at radius 3 is 2.91 bits per heavy atom.